The Labute approximate surface area is 236 Å². The van der Waals surface area contributed by atoms with Crippen molar-refractivity contribution >= 4 is 28.1 Å². The molecule has 8 heteroatoms. The second-order valence-electron chi connectivity index (χ2n) is 9.91. The molecule has 1 aliphatic heterocycles. The van der Waals surface area contributed by atoms with Gasteiger partial charge in [-0.1, -0.05) is 24.1 Å². The molecule has 1 N–H and O–H groups in total. The first-order chi connectivity index (χ1) is 20.0. The smallest absolute Gasteiger partial charge is 0.255 e. The molecule has 1 aliphatic rings. The number of nitrogens with zero attached hydrogens (tertiary/aromatic N) is 4. The number of ether oxygens (including phenoxy) is 2. The minimum Gasteiger partial charge on any atom is -0.486 e. The molecule has 3 aromatic heterocycles. The zero-order valence-electron chi connectivity index (χ0n) is 22.5. The fourth-order valence-electron chi connectivity index (χ4n) is 5.05. The van der Waals surface area contributed by atoms with Crippen LogP contribution in [0.15, 0.2) is 85.3 Å². The van der Waals surface area contributed by atoms with Gasteiger partial charge >= 0.3 is 0 Å². The molecule has 6 aromatic rings. The quantitative estimate of drug-likeness (QED) is 0.295. The molecule has 0 saturated heterocycles. The van der Waals surface area contributed by atoms with E-state index in [2.05, 4.69) is 38.0 Å². The SMILES string of the molecule is Cc1ccc(C(=O)Nc2ccc3c(-c4ccc5c(c4)OCCO5)cn(C)c3c2)cc1C#Cc1cnc2cccnn12. The van der Waals surface area contributed by atoms with Gasteiger partial charge in [-0.05, 0) is 72.5 Å². The van der Waals surface area contributed by atoms with Gasteiger partial charge in [-0.15, -0.1) is 0 Å². The number of anilines is 1. The molecule has 1 amide bonds. The number of rotatable bonds is 3. The zero-order valence-corrected chi connectivity index (χ0v) is 22.5. The summed E-state index contributed by atoms with van der Waals surface area (Å²) in [4.78, 5) is 17.6. The Morgan fingerprint density at radius 3 is 2.76 bits per heavy atom. The predicted molar refractivity (Wildman–Crippen MR) is 157 cm³/mol. The molecule has 0 atom stereocenters. The molecule has 0 bridgehead atoms. The number of hydrogen-bond acceptors (Lipinski definition) is 5. The number of benzene rings is 3. The van der Waals surface area contributed by atoms with Gasteiger partial charge in [0, 0.05) is 47.2 Å². The number of carbonyl (C=O) groups excluding carboxylic acids is 1. The summed E-state index contributed by atoms with van der Waals surface area (Å²) in [5.74, 6) is 7.64. The van der Waals surface area contributed by atoms with Gasteiger partial charge < -0.3 is 19.4 Å². The molecule has 0 unspecified atom stereocenters. The van der Waals surface area contributed by atoms with Crippen LogP contribution in [0, 0.1) is 18.8 Å². The molecule has 0 saturated carbocycles. The van der Waals surface area contributed by atoms with E-state index in [1.54, 1.807) is 16.9 Å². The maximum absolute atomic E-state index is 13.3. The Morgan fingerprint density at radius 1 is 0.976 bits per heavy atom. The van der Waals surface area contributed by atoms with Gasteiger partial charge in [-0.2, -0.15) is 5.10 Å². The first-order valence-corrected chi connectivity index (χ1v) is 13.3. The lowest BCUT2D eigenvalue weighted by atomic mass is 10.0. The van der Waals surface area contributed by atoms with Gasteiger partial charge in [0.05, 0.1) is 11.7 Å². The lowest BCUT2D eigenvalue weighted by molar-refractivity contribution is 0.102. The van der Waals surface area contributed by atoms with Gasteiger partial charge in [-0.3, -0.25) is 4.79 Å². The highest BCUT2D eigenvalue weighted by molar-refractivity contribution is 6.06. The molecule has 41 heavy (non-hydrogen) atoms. The summed E-state index contributed by atoms with van der Waals surface area (Å²) in [7, 11) is 2.00. The minimum absolute atomic E-state index is 0.204. The molecule has 7 rings (SSSR count). The van der Waals surface area contributed by atoms with Crippen LogP contribution in [0.5, 0.6) is 11.5 Å². The van der Waals surface area contributed by atoms with Crippen LogP contribution in [0.2, 0.25) is 0 Å². The van der Waals surface area contributed by atoms with Crippen molar-refractivity contribution in [1.82, 2.24) is 19.2 Å². The maximum atomic E-state index is 13.3. The average Bonchev–Trinajstić information content (AvgIpc) is 3.57. The average molecular weight is 540 g/mol. The predicted octanol–water partition coefficient (Wildman–Crippen LogP) is 5.62. The normalized spacial score (nSPS) is 12.2. The van der Waals surface area contributed by atoms with Crippen molar-refractivity contribution in [1.29, 1.82) is 0 Å². The van der Waals surface area contributed by atoms with Gasteiger partial charge in [0.1, 0.15) is 18.9 Å². The molecule has 4 heterocycles. The highest BCUT2D eigenvalue weighted by atomic mass is 16.6. The first kappa shape index (κ1) is 24.5. The standard InChI is InChI=1S/C33H25N5O3/c1-21-5-6-24(16-22(21)7-10-26-19-34-32-4-3-13-35-38(26)32)33(39)36-25-9-11-27-28(20-37(2)29(27)18-25)23-8-12-30-31(17-23)41-15-14-40-30/h3-6,8-9,11-13,16-20H,14-15H2,1-2H3,(H,36,39). The number of carbonyl (C=O) groups is 1. The van der Waals surface area contributed by atoms with E-state index in [4.69, 9.17) is 9.47 Å². The highest BCUT2D eigenvalue weighted by Gasteiger charge is 2.16. The summed E-state index contributed by atoms with van der Waals surface area (Å²) in [6.45, 7) is 3.08. The van der Waals surface area contributed by atoms with Crippen molar-refractivity contribution < 1.29 is 14.3 Å². The number of fused-ring (bicyclic) bond motifs is 3. The minimum atomic E-state index is -0.204. The van der Waals surface area contributed by atoms with Crippen LogP contribution < -0.4 is 14.8 Å². The zero-order chi connectivity index (χ0) is 27.9. The van der Waals surface area contributed by atoms with Crippen LogP contribution in [-0.4, -0.2) is 38.3 Å². The van der Waals surface area contributed by atoms with Gasteiger partial charge in [-0.25, -0.2) is 9.50 Å². The Balaban J connectivity index is 1.14. The van der Waals surface area contributed by atoms with Crippen LogP contribution in [0.1, 0.15) is 27.2 Å². The molecule has 0 radical (unpaired) electrons. The van der Waals surface area contributed by atoms with E-state index in [0.717, 1.165) is 50.3 Å². The second-order valence-corrected chi connectivity index (χ2v) is 9.91. The van der Waals surface area contributed by atoms with Gasteiger partial charge in [0.25, 0.3) is 5.91 Å². The third-order valence-corrected chi connectivity index (χ3v) is 7.20. The Morgan fingerprint density at radius 2 is 1.85 bits per heavy atom. The summed E-state index contributed by atoms with van der Waals surface area (Å²) in [6.07, 6.45) is 5.48. The molecule has 0 spiro atoms. The number of amides is 1. The van der Waals surface area contributed by atoms with Crippen molar-refractivity contribution in [2.45, 2.75) is 6.92 Å². The molecular weight excluding hydrogens is 514 g/mol. The lowest BCUT2D eigenvalue weighted by Crippen LogP contribution is -2.15. The summed E-state index contributed by atoms with van der Waals surface area (Å²) in [5, 5.41) is 8.43. The number of nitrogens with one attached hydrogen (secondary N) is 1. The fourth-order valence-corrected chi connectivity index (χ4v) is 5.05. The number of aromatic nitrogens is 4. The van der Waals surface area contributed by atoms with Gasteiger partial charge in [0.15, 0.2) is 17.1 Å². The Kier molecular flexibility index (Phi) is 5.90. The van der Waals surface area contributed by atoms with Crippen LogP contribution >= 0.6 is 0 Å². The van der Waals surface area contributed by atoms with Crippen LogP contribution in [0.25, 0.3) is 27.7 Å². The van der Waals surface area contributed by atoms with E-state index >= 15 is 0 Å². The number of aryl methyl sites for hydroxylation is 2. The van der Waals surface area contributed by atoms with Crippen LogP contribution in [-0.2, 0) is 7.05 Å². The van der Waals surface area contributed by atoms with E-state index in [-0.39, 0.29) is 5.91 Å². The van der Waals surface area contributed by atoms with Crippen LogP contribution in [0.3, 0.4) is 0 Å². The third-order valence-electron chi connectivity index (χ3n) is 7.20. The molecule has 0 aliphatic carbocycles. The topological polar surface area (TPSA) is 82.7 Å². The summed E-state index contributed by atoms with van der Waals surface area (Å²) in [6, 6.07) is 21.2. The lowest BCUT2D eigenvalue weighted by Gasteiger charge is -2.18. The summed E-state index contributed by atoms with van der Waals surface area (Å²) in [5.41, 5.74) is 7.53. The molecule has 0 fully saturated rings. The van der Waals surface area contributed by atoms with Crippen molar-refractivity contribution in [2.24, 2.45) is 7.05 Å². The monoisotopic (exact) mass is 539 g/mol. The number of imidazole rings is 1. The Bertz CT molecular complexity index is 2040. The van der Waals surface area contributed by atoms with Crippen molar-refractivity contribution in [2.75, 3.05) is 18.5 Å². The number of hydrogen-bond donors (Lipinski definition) is 1. The molecule has 8 nitrogen and oxygen atoms in total. The third kappa shape index (κ3) is 4.53. The van der Waals surface area contributed by atoms with Crippen molar-refractivity contribution in [3.8, 4) is 34.5 Å². The highest BCUT2D eigenvalue weighted by Crippen LogP contribution is 2.38. The van der Waals surface area contributed by atoms with E-state index in [1.165, 1.54) is 0 Å². The van der Waals surface area contributed by atoms with E-state index < -0.39 is 0 Å². The molecule has 200 valence electrons. The van der Waals surface area contributed by atoms with E-state index in [1.807, 2.05) is 80.7 Å². The van der Waals surface area contributed by atoms with Crippen molar-refractivity contribution in [3.05, 3.63) is 108 Å². The largest absolute Gasteiger partial charge is 0.486 e. The van der Waals surface area contributed by atoms with E-state index in [0.29, 0.717) is 30.2 Å². The molecule has 3 aromatic carbocycles. The summed E-state index contributed by atoms with van der Waals surface area (Å²) < 4.78 is 15.2. The fraction of sp³-hybridized carbons (Fsp3) is 0.121. The maximum Gasteiger partial charge on any atom is 0.255 e. The van der Waals surface area contributed by atoms with E-state index in [9.17, 15) is 4.79 Å². The van der Waals surface area contributed by atoms with Crippen LogP contribution in [0.4, 0.5) is 5.69 Å². The molecular formula is C33H25N5O3. The summed E-state index contributed by atoms with van der Waals surface area (Å²) >= 11 is 0. The van der Waals surface area contributed by atoms with Crippen molar-refractivity contribution in [3.63, 3.8) is 0 Å². The first-order valence-electron chi connectivity index (χ1n) is 13.3. The Hall–Kier alpha value is -5.55. The second kappa shape index (κ2) is 9.88. The van der Waals surface area contributed by atoms with Gasteiger partial charge in [0.2, 0.25) is 0 Å².